The molecule has 0 radical (unpaired) electrons. The van der Waals surface area contributed by atoms with Crippen LogP contribution in [-0.2, 0) is 21.2 Å². The lowest BCUT2D eigenvalue weighted by molar-refractivity contribution is -0.129. The maximum Gasteiger partial charge on any atom is 0.241 e. The van der Waals surface area contributed by atoms with E-state index in [1.807, 2.05) is 6.07 Å². The average molecular weight is 406 g/mol. The predicted octanol–water partition coefficient (Wildman–Crippen LogP) is 2.46. The number of nitrogens with zero attached hydrogens (tertiary/aromatic N) is 1. The highest BCUT2D eigenvalue weighted by atomic mass is 32.2. The van der Waals surface area contributed by atoms with Crippen LogP contribution in [0.15, 0.2) is 48.5 Å². The minimum Gasteiger partial charge on any atom is -0.489 e. The third-order valence-corrected chi connectivity index (χ3v) is 6.50. The number of hydrogen-bond acceptors (Lipinski definition) is 5. The molecule has 0 unspecified atom stereocenters. The second kappa shape index (κ2) is 8.60. The minimum atomic E-state index is -3.03. The zero-order chi connectivity index (χ0) is 20.1. The summed E-state index contributed by atoms with van der Waals surface area (Å²) in [5.74, 6) is 0.328. The van der Waals surface area contributed by atoms with Gasteiger partial charge >= 0.3 is 0 Å². The Morgan fingerprint density at radius 3 is 2.68 bits per heavy atom. The van der Waals surface area contributed by atoms with E-state index in [1.165, 1.54) is 17.0 Å². The Bertz CT molecular complexity index is 931. The van der Waals surface area contributed by atoms with Gasteiger partial charge in [0.2, 0.25) is 5.91 Å². The van der Waals surface area contributed by atoms with Crippen molar-refractivity contribution >= 4 is 21.4 Å². The Balaban J connectivity index is 1.51. The zero-order valence-electron chi connectivity index (χ0n) is 15.6. The molecule has 0 bridgehead atoms. The van der Waals surface area contributed by atoms with Crippen molar-refractivity contribution in [3.8, 4) is 5.75 Å². The van der Waals surface area contributed by atoms with Crippen LogP contribution in [0.4, 0.5) is 10.1 Å². The number of ether oxygens (including phenoxy) is 1. The molecule has 1 fully saturated rings. The van der Waals surface area contributed by atoms with Gasteiger partial charge in [-0.1, -0.05) is 18.2 Å². The van der Waals surface area contributed by atoms with Crippen LogP contribution in [0, 0.1) is 5.82 Å². The van der Waals surface area contributed by atoms with E-state index in [0.717, 1.165) is 11.3 Å². The van der Waals surface area contributed by atoms with Crippen molar-refractivity contribution in [1.82, 2.24) is 4.90 Å². The molecule has 1 aliphatic rings. The van der Waals surface area contributed by atoms with Crippen molar-refractivity contribution in [2.75, 3.05) is 30.4 Å². The van der Waals surface area contributed by atoms with Crippen molar-refractivity contribution in [3.05, 3.63) is 59.9 Å². The molecule has 1 aliphatic heterocycles. The number of halogens is 1. The summed E-state index contributed by atoms with van der Waals surface area (Å²) in [5, 5.41) is 3.05. The lowest BCUT2D eigenvalue weighted by Crippen LogP contribution is -2.40. The van der Waals surface area contributed by atoms with Gasteiger partial charge in [-0.25, -0.2) is 12.8 Å². The number of anilines is 1. The number of hydrogen-bond donors (Lipinski definition) is 1. The Labute approximate surface area is 164 Å². The Morgan fingerprint density at radius 2 is 2.00 bits per heavy atom. The maximum absolute atomic E-state index is 12.9. The van der Waals surface area contributed by atoms with E-state index in [2.05, 4.69) is 5.32 Å². The average Bonchev–Trinajstić information content (AvgIpc) is 3.05. The standard InChI is InChI=1S/C20H23FN2O4S/c1-23(18-9-10-28(25,26)14-18)20(24)12-22-17-3-2-4-19(11-17)27-13-15-5-7-16(21)8-6-15/h2-8,11,18,22H,9-10,12-14H2,1H3/t18-/m1/s1. The van der Waals surface area contributed by atoms with E-state index in [-0.39, 0.29) is 35.8 Å². The lowest BCUT2D eigenvalue weighted by Gasteiger charge is -2.23. The normalized spacial score (nSPS) is 17.9. The van der Waals surface area contributed by atoms with Crippen LogP contribution in [0.1, 0.15) is 12.0 Å². The largest absolute Gasteiger partial charge is 0.489 e. The molecule has 150 valence electrons. The molecular weight excluding hydrogens is 383 g/mol. The van der Waals surface area contributed by atoms with Crippen molar-refractivity contribution in [2.24, 2.45) is 0 Å². The summed E-state index contributed by atoms with van der Waals surface area (Å²) in [6.45, 7) is 0.371. The second-order valence-electron chi connectivity index (χ2n) is 6.86. The van der Waals surface area contributed by atoms with Crippen molar-refractivity contribution in [3.63, 3.8) is 0 Å². The first-order chi connectivity index (χ1) is 13.3. The maximum atomic E-state index is 12.9. The van der Waals surface area contributed by atoms with E-state index in [1.54, 1.807) is 37.4 Å². The lowest BCUT2D eigenvalue weighted by atomic mass is 10.2. The molecule has 28 heavy (non-hydrogen) atoms. The van der Waals surface area contributed by atoms with Gasteiger partial charge in [0.1, 0.15) is 18.2 Å². The first-order valence-corrected chi connectivity index (χ1v) is 10.8. The summed E-state index contributed by atoms with van der Waals surface area (Å²) in [4.78, 5) is 13.9. The van der Waals surface area contributed by atoms with E-state index in [0.29, 0.717) is 18.8 Å². The van der Waals surface area contributed by atoms with Gasteiger partial charge in [-0.15, -0.1) is 0 Å². The number of nitrogens with one attached hydrogen (secondary N) is 1. The fourth-order valence-electron chi connectivity index (χ4n) is 3.03. The zero-order valence-corrected chi connectivity index (χ0v) is 16.4. The van der Waals surface area contributed by atoms with Gasteiger partial charge in [-0.2, -0.15) is 0 Å². The van der Waals surface area contributed by atoms with Crippen molar-refractivity contribution < 1.29 is 22.3 Å². The first-order valence-electron chi connectivity index (χ1n) is 9.00. The molecule has 0 aromatic heterocycles. The van der Waals surface area contributed by atoms with Crippen LogP contribution in [0.25, 0.3) is 0 Å². The van der Waals surface area contributed by atoms with Gasteiger partial charge in [0.05, 0.1) is 18.1 Å². The third-order valence-electron chi connectivity index (χ3n) is 4.75. The van der Waals surface area contributed by atoms with Gasteiger partial charge in [-0.05, 0) is 36.2 Å². The molecule has 2 aromatic rings. The van der Waals surface area contributed by atoms with Gasteiger partial charge in [0.25, 0.3) is 0 Å². The number of rotatable bonds is 7. The fraction of sp³-hybridized carbons (Fsp3) is 0.350. The number of carbonyl (C=O) groups excluding carboxylic acids is 1. The third kappa shape index (κ3) is 5.45. The van der Waals surface area contributed by atoms with E-state index in [9.17, 15) is 17.6 Å². The number of sulfone groups is 1. The molecule has 1 heterocycles. The molecule has 1 N–H and O–H groups in total. The van der Waals surface area contributed by atoms with Gasteiger partial charge < -0.3 is 15.0 Å². The van der Waals surface area contributed by atoms with Crippen LogP contribution >= 0.6 is 0 Å². The van der Waals surface area contributed by atoms with Crippen molar-refractivity contribution in [1.29, 1.82) is 0 Å². The highest BCUT2D eigenvalue weighted by molar-refractivity contribution is 7.91. The molecule has 1 amide bonds. The van der Waals surface area contributed by atoms with Crippen LogP contribution < -0.4 is 10.1 Å². The summed E-state index contributed by atoms with van der Waals surface area (Å²) in [6.07, 6.45) is 0.483. The Hall–Kier alpha value is -2.61. The number of carbonyl (C=O) groups is 1. The van der Waals surface area contributed by atoms with Gasteiger partial charge in [0.15, 0.2) is 9.84 Å². The van der Waals surface area contributed by atoms with Gasteiger partial charge in [-0.3, -0.25) is 4.79 Å². The van der Waals surface area contributed by atoms with E-state index >= 15 is 0 Å². The Kier molecular flexibility index (Phi) is 6.18. The second-order valence-corrected chi connectivity index (χ2v) is 9.09. The fourth-order valence-corrected chi connectivity index (χ4v) is 4.80. The van der Waals surface area contributed by atoms with Crippen molar-refractivity contribution in [2.45, 2.75) is 19.1 Å². The summed E-state index contributed by atoms with van der Waals surface area (Å²) < 4.78 is 41.8. The molecule has 1 saturated heterocycles. The topological polar surface area (TPSA) is 75.7 Å². The molecule has 3 rings (SSSR count). The monoisotopic (exact) mass is 406 g/mol. The van der Waals surface area contributed by atoms with Crippen LogP contribution in [-0.4, -0.2) is 50.4 Å². The quantitative estimate of drug-likeness (QED) is 0.765. The van der Waals surface area contributed by atoms with Gasteiger partial charge in [0, 0.05) is 24.8 Å². The van der Waals surface area contributed by atoms with Crippen LogP contribution in [0.2, 0.25) is 0 Å². The molecule has 0 aliphatic carbocycles. The summed E-state index contributed by atoms with van der Waals surface area (Å²) in [6, 6.07) is 13.0. The van der Waals surface area contributed by atoms with E-state index in [4.69, 9.17) is 4.74 Å². The molecule has 6 nitrogen and oxygen atoms in total. The summed E-state index contributed by atoms with van der Waals surface area (Å²) in [7, 11) is -1.39. The number of amides is 1. The number of likely N-dealkylation sites (N-methyl/N-ethyl adjacent to an activating group) is 1. The highest BCUT2D eigenvalue weighted by Crippen LogP contribution is 2.20. The number of benzene rings is 2. The molecule has 0 saturated carbocycles. The minimum absolute atomic E-state index is 0.0297. The molecule has 1 atom stereocenters. The highest BCUT2D eigenvalue weighted by Gasteiger charge is 2.32. The molecular formula is C20H23FN2O4S. The summed E-state index contributed by atoms with van der Waals surface area (Å²) >= 11 is 0. The molecule has 2 aromatic carbocycles. The molecule has 8 heteroatoms. The smallest absolute Gasteiger partial charge is 0.241 e. The SMILES string of the molecule is CN(C(=O)CNc1cccc(OCc2ccc(F)cc2)c1)[C@@H]1CCS(=O)(=O)C1. The first kappa shape index (κ1) is 20.1. The van der Waals surface area contributed by atoms with Crippen LogP contribution in [0.5, 0.6) is 5.75 Å². The Morgan fingerprint density at radius 1 is 1.25 bits per heavy atom. The summed E-state index contributed by atoms with van der Waals surface area (Å²) in [5.41, 5.74) is 1.57. The van der Waals surface area contributed by atoms with Crippen LogP contribution in [0.3, 0.4) is 0 Å². The van der Waals surface area contributed by atoms with E-state index < -0.39 is 9.84 Å². The predicted molar refractivity (Wildman–Crippen MR) is 105 cm³/mol. The molecule has 0 spiro atoms.